The Bertz CT molecular complexity index is 469. The molecule has 2 fully saturated rings. The minimum absolute atomic E-state index is 0.0588. The topological polar surface area (TPSA) is 76.9 Å². The van der Waals surface area contributed by atoms with Gasteiger partial charge in [-0.3, -0.25) is 9.59 Å². The van der Waals surface area contributed by atoms with Gasteiger partial charge in [0.2, 0.25) is 5.91 Å². The van der Waals surface area contributed by atoms with E-state index in [0.717, 1.165) is 0 Å². The van der Waals surface area contributed by atoms with Crippen LogP contribution in [0.3, 0.4) is 0 Å². The predicted octanol–water partition coefficient (Wildman–Crippen LogP) is -0.583. The average Bonchev–Trinajstić information content (AvgIpc) is 2.53. The molecule has 0 radical (unpaired) electrons. The Morgan fingerprint density at radius 1 is 1.05 bits per heavy atom. The van der Waals surface area contributed by atoms with Gasteiger partial charge in [-0.15, -0.1) is 0 Å². The molecule has 7 nitrogen and oxygen atoms in total. The van der Waals surface area contributed by atoms with Crippen LogP contribution in [0.5, 0.6) is 0 Å². The number of hydrogen-bond acceptors (Lipinski definition) is 5. The summed E-state index contributed by atoms with van der Waals surface area (Å²) in [6.07, 6.45) is 1.62. The van der Waals surface area contributed by atoms with Crippen molar-refractivity contribution < 1.29 is 14.3 Å². The molecule has 2 saturated heterocycles. The van der Waals surface area contributed by atoms with Gasteiger partial charge in [0.15, 0.2) is 0 Å². The fourth-order valence-electron chi connectivity index (χ4n) is 2.42. The lowest BCUT2D eigenvalue weighted by Crippen LogP contribution is -2.46. The molecule has 21 heavy (non-hydrogen) atoms. The first kappa shape index (κ1) is 15.3. The van der Waals surface area contributed by atoms with E-state index in [0.29, 0.717) is 52.5 Å². The summed E-state index contributed by atoms with van der Waals surface area (Å²) in [5.41, 5.74) is 0.146. The lowest BCUT2D eigenvalue weighted by molar-refractivity contribution is -0.131. The van der Waals surface area contributed by atoms with Crippen molar-refractivity contribution in [1.82, 2.24) is 14.7 Å². The van der Waals surface area contributed by atoms with E-state index >= 15 is 0 Å². The molecule has 2 aliphatic heterocycles. The quantitative estimate of drug-likeness (QED) is 0.502. The third-order valence-corrected chi connectivity index (χ3v) is 3.72. The van der Waals surface area contributed by atoms with Crippen molar-refractivity contribution in [2.45, 2.75) is 6.92 Å². The van der Waals surface area contributed by atoms with Gasteiger partial charge in [-0.05, 0) is 0 Å². The summed E-state index contributed by atoms with van der Waals surface area (Å²) in [7, 11) is 0. The Kier molecular flexibility index (Phi) is 5.17. The zero-order valence-electron chi connectivity index (χ0n) is 12.2. The summed E-state index contributed by atoms with van der Waals surface area (Å²) in [5.74, 6) is -0.182. The van der Waals surface area contributed by atoms with Gasteiger partial charge < -0.3 is 19.4 Å². The van der Waals surface area contributed by atoms with Crippen molar-refractivity contribution in [2.24, 2.45) is 0 Å². The van der Waals surface area contributed by atoms with E-state index in [9.17, 15) is 14.9 Å². The molecule has 0 saturated carbocycles. The van der Waals surface area contributed by atoms with Gasteiger partial charge in [0.25, 0.3) is 5.91 Å². The van der Waals surface area contributed by atoms with Gasteiger partial charge in [0.05, 0.1) is 13.2 Å². The highest BCUT2D eigenvalue weighted by Gasteiger charge is 2.23. The Balaban J connectivity index is 1.96. The van der Waals surface area contributed by atoms with Crippen LogP contribution in [-0.4, -0.2) is 79.0 Å². The summed E-state index contributed by atoms with van der Waals surface area (Å²) >= 11 is 0. The zero-order valence-corrected chi connectivity index (χ0v) is 12.2. The van der Waals surface area contributed by atoms with Crippen LogP contribution in [0.4, 0.5) is 0 Å². The van der Waals surface area contributed by atoms with Gasteiger partial charge in [0, 0.05) is 52.4 Å². The lowest BCUT2D eigenvalue weighted by Gasteiger charge is -2.34. The number of piperazine rings is 1. The minimum atomic E-state index is -0.241. The molecule has 0 atom stereocenters. The van der Waals surface area contributed by atoms with Gasteiger partial charge in [-0.2, -0.15) is 5.26 Å². The number of morpholine rings is 1. The molecule has 0 aromatic heterocycles. The van der Waals surface area contributed by atoms with E-state index in [1.165, 1.54) is 0 Å². The largest absolute Gasteiger partial charge is 0.378 e. The van der Waals surface area contributed by atoms with Gasteiger partial charge in [-0.1, -0.05) is 0 Å². The number of hydrogen-bond donors (Lipinski definition) is 0. The van der Waals surface area contributed by atoms with Crippen molar-refractivity contribution in [2.75, 3.05) is 52.5 Å². The highest BCUT2D eigenvalue weighted by molar-refractivity contribution is 5.97. The number of amides is 2. The van der Waals surface area contributed by atoms with Crippen molar-refractivity contribution in [3.8, 4) is 6.07 Å². The maximum absolute atomic E-state index is 12.3. The minimum Gasteiger partial charge on any atom is -0.378 e. The van der Waals surface area contributed by atoms with Gasteiger partial charge >= 0.3 is 0 Å². The molecule has 0 aromatic rings. The zero-order chi connectivity index (χ0) is 15.2. The first-order valence-corrected chi connectivity index (χ1v) is 7.10. The lowest BCUT2D eigenvalue weighted by atomic mass is 10.2. The third-order valence-electron chi connectivity index (χ3n) is 3.72. The molecule has 2 rings (SSSR count). The van der Waals surface area contributed by atoms with Crippen molar-refractivity contribution in [1.29, 1.82) is 5.26 Å². The summed E-state index contributed by atoms with van der Waals surface area (Å²) in [6, 6.07) is 1.99. The number of carbonyl (C=O) groups excluding carboxylic acids is 2. The highest BCUT2D eigenvalue weighted by Crippen LogP contribution is 2.09. The maximum Gasteiger partial charge on any atom is 0.266 e. The Morgan fingerprint density at radius 2 is 1.67 bits per heavy atom. The predicted molar refractivity (Wildman–Crippen MR) is 74.9 cm³/mol. The number of nitrogens with zero attached hydrogens (tertiary/aromatic N) is 4. The Hall–Kier alpha value is -2.07. The number of rotatable bonds is 2. The van der Waals surface area contributed by atoms with Crippen LogP contribution in [0.1, 0.15) is 6.92 Å². The van der Waals surface area contributed by atoms with Crippen molar-refractivity contribution in [3.63, 3.8) is 0 Å². The molecular weight excluding hydrogens is 272 g/mol. The maximum atomic E-state index is 12.3. The smallest absolute Gasteiger partial charge is 0.266 e. The molecule has 2 amide bonds. The van der Waals surface area contributed by atoms with E-state index in [1.54, 1.807) is 22.9 Å². The summed E-state index contributed by atoms with van der Waals surface area (Å²) in [6.45, 7) is 6.15. The monoisotopic (exact) mass is 292 g/mol. The number of carbonyl (C=O) groups is 2. The second kappa shape index (κ2) is 7.09. The Morgan fingerprint density at radius 3 is 2.19 bits per heavy atom. The molecule has 2 heterocycles. The van der Waals surface area contributed by atoms with E-state index in [2.05, 4.69) is 0 Å². The second-order valence-electron chi connectivity index (χ2n) is 5.10. The van der Waals surface area contributed by atoms with E-state index in [-0.39, 0.29) is 17.4 Å². The second-order valence-corrected chi connectivity index (χ2v) is 5.10. The summed E-state index contributed by atoms with van der Waals surface area (Å²) < 4.78 is 5.20. The van der Waals surface area contributed by atoms with Crippen LogP contribution in [-0.2, 0) is 14.3 Å². The molecule has 0 N–H and O–H groups in total. The highest BCUT2D eigenvalue weighted by atomic mass is 16.5. The molecule has 0 bridgehead atoms. The fraction of sp³-hybridized carbons (Fsp3) is 0.643. The molecular formula is C14H20N4O3. The SMILES string of the molecule is CC(=O)N1CCN(/C=C(/C#N)C(=O)N2CCOCC2)CC1. The normalized spacial score (nSPS) is 20.2. The van der Waals surface area contributed by atoms with Crippen LogP contribution in [0.25, 0.3) is 0 Å². The van der Waals surface area contributed by atoms with E-state index < -0.39 is 0 Å². The summed E-state index contributed by atoms with van der Waals surface area (Å²) in [4.78, 5) is 28.9. The van der Waals surface area contributed by atoms with Gasteiger partial charge in [-0.25, -0.2) is 0 Å². The van der Waals surface area contributed by atoms with Crippen LogP contribution >= 0.6 is 0 Å². The van der Waals surface area contributed by atoms with Crippen LogP contribution in [0, 0.1) is 11.3 Å². The van der Waals surface area contributed by atoms with Crippen molar-refractivity contribution in [3.05, 3.63) is 11.8 Å². The van der Waals surface area contributed by atoms with Crippen molar-refractivity contribution >= 4 is 11.8 Å². The standard InChI is InChI=1S/C14H20N4O3/c1-12(19)17-4-2-16(3-5-17)11-13(10-15)14(20)18-6-8-21-9-7-18/h11H,2-9H2,1H3/b13-11-. The van der Waals surface area contributed by atoms with Crippen LogP contribution in [0.15, 0.2) is 11.8 Å². The van der Waals surface area contributed by atoms with Crippen LogP contribution < -0.4 is 0 Å². The molecule has 0 aromatic carbocycles. The van der Waals surface area contributed by atoms with E-state index in [1.807, 2.05) is 11.0 Å². The first-order valence-electron chi connectivity index (χ1n) is 7.10. The first-order chi connectivity index (χ1) is 10.1. The third kappa shape index (κ3) is 3.95. The number of ether oxygens (including phenoxy) is 1. The molecule has 0 unspecified atom stereocenters. The molecule has 7 heteroatoms. The summed E-state index contributed by atoms with van der Waals surface area (Å²) in [5, 5.41) is 9.21. The molecule has 0 aliphatic carbocycles. The Labute approximate surface area is 124 Å². The molecule has 0 spiro atoms. The van der Waals surface area contributed by atoms with Crippen LogP contribution in [0.2, 0.25) is 0 Å². The molecule has 2 aliphatic rings. The average molecular weight is 292 g/mol. The van der Waals surface area contributed by atoms with E-state index in [4.69, 9.17) is 4.74 Å². The van der Waals surface area contributed by atoms with Gasteiger partial charge in [0.1, 0.15) is 11.6 Å². The number of nitriles is 1. The fourth-order valence-corrected chi connectivity index (χ4v) is 2.42. The molecule has 114 valence electrons.